The van der Waals surface area contributed by atoms with E-state index in [1.807, 2.05) is 0 Å². The molecule has 1 rings (SSSR count). The minimum Gasteiger partial charge on any atom is -0.480 e. The summed E-state index contributed by atoms with van der Waals surface area (Å²) in [4.78, 5) is 10.6. The average molecular weight is 349 g/mol. The van der Waals surface area contributed by atoms with E-state index in [0.717, 1.165) is 16.6 Å². The highest BCUT2D eigenvalue weighted by molar-refractivity contribution is 7.91. The molecule has 0 fully saturated rings. The summed E-state index contributed by atoms with van der Waals surface area (Å²) in [5.74, 6) is -1.28. The Kier molecular flexibility index (Phi) is 5.37. The van der Waals surface area contributed by atoms with Gasteiger partial charge in [-0.15, -0.1) is 0 Å². The van der Waals surface area contributed by atoms with Crippen LogP contribution in [0.5, 0.6) is 0 Å². The molecule has 0 heterocycles. The molecule has 0 aromatic heterocycles. The van der Waals surface area contributed by atoms with E-state index in [0.29, 0.717) is 5.56 Å². The van der Waals surface area contributed by atoms with Gasteiger partial charge in [-0.3, -0.25) is 4.79 Å². The summed E-state index contributed by atoms with van der Waals surface area (Å²) in [6.07, 6.45) is 0.978. The van der Waals surface area contributed by atoms with Gasteiger partial charge in [-0.2, -0.15) is 4.31 Å². The SMILES string of the molecule is Cc1ccc(S(C)(=O)=O)cc1S(=O)(=O)N(CC(=O)O)C(C)C. The van der Waals surface area contributed by atoms with Gasteiger partial charge in [0.05, 0.1) is 9.79 Å². The number of carbonyl (C=O) groups is 1. The number of aryl methyl sites for hydroxylation is 1. The molecule has 0 amide bonds. The summed E-state index contributed by atoms with van der Waals surface area (Å²) in [6.45, 7) is 3.94. The quantitative estimate of drug-likeness (QED) is 0.817. The van der Waals surface area contributed by atoms with E-state index in [1.54, 1.807) is 13.8 Å². The lowest BCUT2D eigenvalue weighted by Gasteiger charge is -2.25. The molecule has 0 unspecified atom stereocenters. The first-order valence-corrected chi connectivity index (χ1v) is 9.75. The molecule has 22 heavy (non-hydrogen) atoms. The number of carboxylic acids is 1. The van der Waals surface area contributed by atoms with E-state index >= 15 is 0 Å². The Bertz CT molecular complexity index is 781. The molecule has 0 aliphatic heterocycles. The molecule has 9 heteroatoms. The molecule has 0 atom stereocenters. The summed E-state index contributed by atoms with van der Waals surface area (Å²) in [7, 11) is -7.69. The molecule has 0 saturated carbocycles. The van der Waals surface area contributed by atoms with Gasteiger partial charge in [0.2, 0.25) is 10.0 Å². The van der Waals surface area contributed by atoms with Crippen molar-refractivity contribution >= 4 is 25.8 Å². The van der Waals surface area contributed by atoms with Gasteiger partial charge in [0, 0.05) is 12.3 Å². The van der Waals surface area contributed by atoms with Crippen molar-refractivity contribution in [1.29, 1.82) is 0 Å². The topological polar surface area (TPSA) is 109 Å². The van der Waals surface area contributed by atoms with E-state index in [-0.39, 0.29) is 9.79 Å². The van der Waals surface area contributed by atoms with Crippen LogP contribution in [0.1, 0.15) is 19.4 Å². The van der Waals surface area contributed by atoms with Crippen LogP contribution in [0, 0.1) is 6.92 Å². The maximum atomic E-state index is 12.7. The van der Waals surface area contributed by atoms with Crippen molar-refractivity contribution < 1.29 is 26.7 Å². The number of nitrogens with zero attached hydrogens (tertiary/aromatic N) is 1. The number of aliphatic carboxylic acids is 1. The van der Waals surface area contributed by atoms with Gasteiger partial charge in [-0.05, 0) is 38.5 Å². The van der Waals surface area contributed by atoms with Crippen molar-refractivity contribution in [1.82, 2.24) is 4.31 Å². The van der Waals surface area contributed by atoms with Gasteiger partial charge in [0.25, 0.3) is 0 Å². The van der Waals surface area contributed by atoms with Crippen LogP contribution in [-0.4, -0.2) is 51.1 Å². The highest BCUT2D eigenvalue weighted by atomic mass is 32.2. The molecular weight excluding hydrogens is 330 g/mol. The number of sulfonamides is 1. The van der Waals surface area contributed by atoms with E-state index in [2.05, 4.69) is 0 Å². The van der Waals surface area contributed by atoms with Crippen molar-refractivity contribution in [3.05, 3.63) is 23.8 Å². The molecule has 0 aliphatic rings. The molecule has 0 aliphatic carbocycles. The second kappa shape index (κ2) is 6.35. The van der Waals surface area contributed by atoms with Crippen LogP contribution in [0.15, 0.2) is 28.0 Å². The van der Waals surface area contributed by atoms with Gasteiger partial charge >= 0.3 is 5.97 Å². The van der Waals surface area contributed by atoms with Crippen LogP contribution in [0.25, 0.3) is 0 Å². The lowest BCUT2D eigenvalue weighted by molar-refractivity contribution is -0.137. The van der Waals surface area contributed by atoms with Crippen LogP contribution in [0.3, 0.4) is 0 Å². The zero-order valence-corrected chi connectivity index (χ0v) is 14.4. The number of rotatable bonds is 6. The zero-order chi connectivity index (χ0) is 17.3. The number of hydrogen-bond donors (Lipinski definition) is 1. The standard InChI is InChI=1S/C13H19NO6S2/c1-9(2)14(8-13(15)16)22(19,20)12-7-11(21(4,17)18)6-5-10(12)3/h5-7,9H,8H2,1-4H3,(H,15,16). The second-order valence-corrected chi connectivity index (χ2v) is 9.11. The fraction of sp³-hybridized carbons (Fsp3) is 0.462. The predicted molar refractivity (Wildman–Crippen MR) is 81.0 cm³/mol. The maximum Gasteiger partial charge on any atom is 0.318 e. The molecule has 0 bridgehead atoms. The van der Waals surface area contributed by atoms with Crippen LogP contribution < -0.4 is 0 Å². The number of sulfone groups is 1. The van der Waals surface area contributed by atoms with Crippen LogP contribution >= 0.6 is 0 Å². The fourth-order valence-corrected chi connectivity index (χ4v) is 4.45. The smallest absolute Gasteiger partial charge is 0.318 e. The Morgan fingerprint density at radius 2 is 1.77 bits per heavy atom. The van der Waals surface area contributed by atoms with E-state index in [1.165, 1.54) is 19.1 Å². The first-order valence-electron chi connectivity index (χ1n) is 6.41. The molecule has 0 spiro atoms. The van der Waals surface area contributed by atoms with Crippen molar-refractivity contribution in [2.75, 3.05) is 12.8 Å². The Morgan fingerprint density at radius 1 is 1.23 bits per heavy atom. The van der Waals surface area contributed by atoms with Crippen molar-refractivity contribution in [2.45, 2.75) is 36.6 Å². The third-order valence-corrected chi connectivity index (χ3v) is 6.32. The summed E-state index contributed by atoms with van der Waals surface area (Å²) < 4.78 is 49.4. The highest BCUT2D eigenvalue weighted by Gasteiger charge is 2.31. The Hall–Kier alpha value is -1.45. The first kappa shape index (κ1) is 18.6. The molecule has 1 aromatic rings. The van der Waals surface area contributed by atoms with Gasteiger partial charge in [-0.25, -0.2) is 16.8 Å². The molecule has 7 nitrogen and oxygen atoms in total. The van der Waals surface area contributed by atoms with Crippen LogP contribution in [0.4, 0.5) is 0 Å². The largest absolute Gasteiger partial charge is 0.480 e. The molecular formula is C13H19NO6S2. The molecule has 0 radical (unpaired) electrons. The average Bonchev–Trinajstić information content (AvgIpc) is 2.34. The number of benzene rings is 1. The lowest BCUT2D eigenvalue weighted by atomic mass is 10.2. The van der Waals surface area contributed by atoms with Gasteiger partial charge < -0.3 is 5.11 Å². The van der Waals surface area contributed by atoms with Gasteiger partial charge in [0.15, 0.2) is 9.84 Å². The lowest BCUT2D eigenvalue weighted by Crippen LogP contribution is -2.40. The monoisotopic (exact) mass is 349 g/mol. The predicted octanol–water partition coefficient (Wildman–Crippen LogP) is 0.882. The maximum absolute atomic E-state index is 12.7. The first-order chi connectivity index (χ1) is 9.87. The molecule has 0 saturated heterocycles. The van der Waals surface area contributed by atoms with Crippen LogP contribution in [0.2, 0.25) is 0 Å². The Balaban J connectivity index is 3.53. The minimum absolute atomic E-state index is 0.129. The van der Waals surface area contributed by atoms with E-state index in [4.69, 9.17) is 5.11 Å². The third-order valence-electron chi connectivity index (χ3n) is 3.04. The number of carboxylic acid groups (broad SMARTS) is 1. The van der Waals surface area contributed by atoms with Crippen molar-refractivity contribution in [3.63, 3.8) is 0 Å². The van der Waals surface area contributed by atoms with Gasteiger partial charge in [-0.1, -0.05) is 6.07 Å². The fourth-order valence-electron chi connectivity index (χ4n) is 1.89. The number of hydrogen-bond acceptors (Lipinski definition) is 5. The summed E-state index contributed by atoms with van der Waals surface area (Å²) in [5, 5.41) is 8.89. The molecule has 1 aromatic carbocycles. The summed E-state index contributed by atoms with van der Waals surface area (Å²) in [5.41, 5.74) is 0.350. The molecule has 124 valence electrons. The normalized spacial score (nSPS) is 12.8. The van der Waals surface area contributed by atoms with E-state index in [9.17, 15) is 21.6 Å². The third kappa shape index (κ3) is 4.05. The second-order valence-electron chi connectivity index (χ2n) is 5.24. The van der Waals surface area contributed by atoms with Crippen molar-refractivity contribution in [2.24, 2.45) is 0 Å². The van der Waals surface area contributed by atoms with E-state index < -0.39 is 38.4 Å². The molecule has 1 N–H and O–H groups in total. The Morgan fingerprint density at radius 3 is 2.18 bits per heavy atom. The van der Waals surface area contributed by atoms with Gasteiger partial charge in [0.1, 0.15) is 6.54 Å². The summed E-state index contributed by atoms with van der Waals surface area (Å²) >= 11 is 0. The van der Waals surface area contributed by atoms with Crippen molar-refractivity contribution in [3.8, 4) is 0 Å². The van der Waals surface area contributed by atoms with Crippen LogP contribution in [-0.2, 0) is 24.7 Å². The minimum atomic E-state index is -4.12. The Labute approximate surface area is 130 Å². The highest BCUT2D eigenvalue weighted by Crippen LogP contribution is 2.24. The zero-order valence-electron chi connectivity index (χ0n) is 12.8. The summed E-state index contributed by atoms with van der Waals surface area (Å²) in [6, 6.07) is 3.20.